The number of hydrogen-bond donors (Lipinski definition) is 0. The normalized spacial score (nSPS) is 9.86. The first kappa shape index (κ1) is 11.1. The lowest BCUT2D eigenvalue weighted by Gasteiger charge is -2.05. The van der Waals surface area contributed by atoms with E-state index in [1.807, 2.05) is 0 Å². The summed E-state index contributed by atoms with van der Waals surface area (Å²) < 4.78 is 5.07. The van der Waals surface area contributed by atoms with Gasteiger partial charge in [-0.2, -0.15) is 0 Å². The zero-order valence-electron chi connectivity index (χ0n) is 7.07. The van der Waals surface area contributed by atoms with Crippen molar-refractivity contribution in [1.29, 1.82) is 0 Å². The van der Waals surface area contributed by atoms with Crippen LogP contribution in [-0.4, -0.2) is 17.4 Å². The van der Waals surface area contributed by atoms with Gasteiger partial charge in [-0.1, -0.05) is 17.7 Å². The molecule has 76 valence electrons. The predicted molar refractivity (Wildman–Crippen MR) is 54.3 cm³/mol. The van der Waals surface area contributed by atoms with Crippen molar-refractivity contribution in [2.24, 2.45) is 0 Å². The van der Waals surface area contributed by atoms with Gasteiger partial charge in [0.05, 0.1) is 15.8 Å². The molecule has 0 radical (unpaired) electrons. The number of nitro benzene ring substituents is 1. The first-order valence-corrected chi connectivity index (χ1v) is 4.69. The summed E-state index contributed by atoms with van der Waals surface area (Å²) >= 11 is 11.1. The van der Waals surface area contributed by atoms with Gasteiger partial charge >= 0.3 is 5.69 Å². The molecule has 0 saturated heterocycles. The molecule has 0 atom stereocenters. The average Bonchev–Trinajstić information content (AvgIpc) is 2.15. The maximum absolute atomic E-state index is 10.6. The molecule has 1 aromatic carbocycles. The Balaban J connectivity index is 3.02. The van der Waals surface area contributed by atoms with Crippen molar-refractivity contribution in [1.82, 2.24) is 0 Å². The summed E-state index contributed by atoms with van der Waals surface area (Å²) in [5.41, 5.74) is -0.150. The van der Waals surface area contributed by atoms with E-state index in [0.29, 0.717) is 0 Å². The number of rotatable bonds is 4. The van der Waals surface area contributed by atoms with Gasteiger partial charge in [0.25, 0.3) is 0 Å². The molecule has 0 aliphatic rings. The molecule has 0 bridgehead atoms. The summed E-state index contributed by atoms with van der Waals surface area (Å²) in [4.78, 5) is 10.0. The van der Waals surface area contributed by atoms with Crippen LogP contribution in [0.5, 0.6) is 5.75 Å². The molecule has 0 aromatic heterocycles. The van der Waals surface area contributed by atoms with Crippen LogP contribution in [0.25, 0.3) is 0 Å². The largest absolute Gasteiger partial charge is 0.485 e. The molecule has 1 aromatic rings. The fourth-order valence-corrected chi connectivity index (χ4v) is 1.23. The fraction of sp³-hybridized carbons (Fsp3) is 0.250. The second-order valence-electron chi connectivity index (χ2n) is 2.38. The number of nitrogens with zero attached hydrogens (tertiary/aromatic N) is 1. The molecule has 4 nitrogen and oxygen atoms in total. The van der Waals surface area contributed by atoms with Gasteiger partial charge in [-0.15, -0.1) is 11.6 Å². The molecule has 0 aliphatic heterocycles. The van der Waals surface area contributed by atoms with E-state index in [1.165, 1.54) is 18.2 Å². The predicted octanol–water partition coefficient (Wildman–Crippen LogP) is 2.87. The van der Waals surface area contributed by atoms with Crippen molar-refractivity contribution in [3.63, 3.8) is 0 Å². The molecule has 0 unspecified atom stereocenters. The van der Waals surface area contributed by atoms with E-state index < -0.39 is 4.92 Å². The van der Waals surface area contributed by atoms with Crippen molar-refractivity contribution in [2.75, 3.05) is 12.5 Å². The highest BCUT2D eigenvalue weighted by Crippen LogP contribution is 2.34. The minimum Gasteiger partial charge on any atom is -0.485 e. The number of hydrogen-bond acceptors (Lipinski definition) is 3. The topological polar surface area (TPSA) is 52.4 Å². The summed E-state index contributed by atoms with van der Waals surface area (Å²) in [7, 11) is 0. The molecule has 0 amide bonds. The lowest BCUT2D eigenvalue weighted by Crippen LogP contribution is -2.01. The Labute approximate surface area is 90.5 Å². The van der Waals surface area contributed by atoms with Crippen molar-refractivity contribution in [2.45, 2.75) is 0 Å². The lowest BCUT2D eigenvalue weighted by molar-refractivity contribution is -0.385. The quantitative estimate of drug-likeness (QED) is 0.458. The third kappa shape index (κ3) is 2.49. The van der Waals surface area contributed by atoms with Gasteiger partial charge < -0.3 is 4.74 Å². The minimum absolute atomic E-state index is 0.0693. The molecule has 0 aliphatic carbocycles. The Bertz CT molecular complexity index is 343. The SMILES string of the molecule is O=[N+]([O-])c1cccc(Cl)c1OCCCl. The maximum Gasteiger partial charge on any atom is 0.312 e. The summed E-state index contributed by atoms with van der Waals surface area (Å²) in [6, 6.07) is 4.35. The Kier molecular flexibility index (Phi) is 3.98. The number of benzene rings is 1. The van der Waals surface area contributed by atoms with E-state index in [-0.39, 0.29) is 28.9 Å². The van der Waals surface area contributed by atoms with Crippen molar-refractivity contribution in [3.8, 4) is 5.75 Å². The molecule has 0 N–H and O–H groups in total. The average molecular weight is 236 g/mol. The Morgan fingerprint density at radius 1 is 1.50 bits per heavy atom. The molecule has 1 rings (SSSR count). The first-order chi connectivity index (χ1) is 6.66. The van der Waals surface area contributed by atoms with E-state index >= 15 is 0 Å². The number of ether oxygens (including phenoxy) is 1. The Morgan fingerprint density at radius 2 is 2.21 bits per heavy atom. The third-order valence-corrected chi connectivity index (χ3v) is 1.92. The second kappa shape index (κ2) is 5.02. The molecule has 14 heavy (non-hydrogen) atoms. The number of halogens is 2. The van der Waals surface area contributed by atoms with Crippen LogP contribution in [-0.2, 0) is 0 Å². The molecular weight excluding hydrogens is 229 g/mol. The van der Waals surface area contributed by atoms with Gasteiger partial charge in [0.1, 0.15) is 6.61 Å². The van der Waals surface area contributed by atoms with Crippen LogP contribution < -0.4 is 4.74 Å². The van der Waals surface area contributed by atoms with Crippen LogP contribution in [0.2, 0.25) is 5.02 Å². The number of alkyl halides is 1. The van der Waals surface area contributed by atoms with Gasteiger partial charge in [0.2, 0.25) is 5.75 Å². The van der Waals surface area contributed by atoms with Crippen LogP contribution >= 0.6 is 23.2 Å². The molecule has 0 fully saturated rings. The highest BCUT2D eigenvalue weighted by atomic mass is 35.5. The number of nitro groups is 1. The Hall–Kier alpha value is -1.000. The lowest BCUT2D eigenvalue weighted by atomic mass is 10.3. The van der Waals surface area contributed by atoms with E-state index in [4.69, 9.17) is 27.9 Å². The minimum atomic E-state index is -0.546. The van der Waals surface area contributed by atoms with Gasteiger partial charge in [0.15, 0.2) is 0 Å². The van der Waals surface area contributed by atoms with Gasteiger partial charge in [-0.05, 0) is 6.07 Å². The van der Waals surface area contributed by atoms with Crippen LogP contribution in [0.1, 0.15) is 0 Å². The fourth-order valence-electron chi connectivity index (χ4n) is 0.925. The Morgan fingerprint density at radius 3 is 2.79 bits per heavy atom. The monoisotopic (exact) mass is 235 g/mol. The highest BCUT2D eigenvalue weighted by Gasteiger charge is 2.17. The summed E-state index contributed by atoms with van der Waals surface area (Å²) in [6.07, 6.45) is 0. The van der Waals surface area contributed by atoms with Crippen LogP contribution in [0.4, 0.5) is 5.69 Å². The van der Waals surface area contributed by atoms with Crippen molar-refractivity contribution in [3.05, 3.63) is 33.3 Å². The molecular formula is C8H7Cl2NO3. The summed E-state index contributed by atoms with van der Waals surface area (Å²) in [5, 5.41) is 10.8. The standard InChI is InChI=1S/C8H7Cl2NO3/c9-4-5-14-8-6(10)2-1-3-7(8)11(12)13/h1-3H,4-5H2. The van der Waals surface area contributed by atoms with Crippen LogP contribution in [0.3, 0.4) is 0 Å². The van der Waals surface area contributed by atoms with E-state index in [9.17, 15) is 10.1 Å². The molecule has 0 saturated carbocycles. The van der Waals surface area contributed by atoms with Crippen molar-refractivity contribution < 1.29 is 9.66 Å². The highest BCUT2D eigenvalue weighted by molar-refractivity contribution is 6.32. The summed E-state index contributed by atoms with van der Waals surface area (Å²) in [6.45, 7) is 0.187. The van der Waals surface area contributed by atoms with Crippen molar-refractivity contribution >= 4 is 28.9 Å². The van der Waals surface area contributed by atoms with Gasteiger partial charge in [0, 0.05) is 6.07 Å². The van der Waals surface area contributed by atoms with E-state index in [1.54, 1.807) is 0 Å². The zero-order chi connectivity index (χ0) is 10.6. The number of para-hydroxylation sites is 1. The van der Waals surface area contributed by atoms with E-state index in [2.05, 4.69) is 0 Å². The van der Waals surface area contributed by atoms with Crippen LogP contribution in [0.15, 0.2) is 18.2 Å². The van der Waals surface area contributed by atoms with Crippen LogP contribution in [0, 0.1) is 10.1 Å². The molecule has 6 heteroatoms. The molecule has 0 spiro atoms. The smallest absolute Gasteiger partial charge is 0.312 e. The second-order valence-corrected chi connectivity index (χ2v) is 3.17. The first-order valence-electron chi connectivity index (χ1n) is 3.78. The summed E-state index contributed by atoms with van der Waals surface area (Å²) in [5.74, 6) is 0.322. The maximum atomic E-state index is 10.6. The van der Waals surface area contributed by atoms with Gasteiger partial charge in [-0.25, -0.2) is 0 Å². The third-order valence-electron chi connectivity index (χ3n) is 1.47. The van der Waals surface area contributed by atoms with Gasteiger partial charge in [-0.3, -0.25) is 10.1 Å². The van der Waals surface area contributed by atoms with E-state index in [0.717, 1.165) is 0 Å². The zero-order valence-corrected chi connectivity index (χ0v) is 8.59. The molecule has 0 heterocycles.